The van der Waals surface area contributed by atoms with Gasteiger partial charge in [-0.15, -0.1) is 0 Å². The molecule has 17 heavy (non-hydrogen) atoms. The van der Waals surface area contributed by atoms with Crippen molar-refractivity contribution in [3.05, 3.63) is 57.5 Å². The zero-order chi connectivity index (χ0) is 12.3. The molecule has 0 amide bonds. The summed E-state index contributed by atoms with van der Waals surface area (Å²) in [5.74, 6) is 0. The second-order valence-corrected chi connectivity index (χ2v) is 5.36. The largest absolute Gasteiger partial charge is 0.340 e. The van der Waals surface area contributed by atoms with Crippen LogP contribution < -0.4 is 4.90 Å². The Labute approximate surface area is 119 Å². The molecule has 3 heteroatoms. The molecule has 1 nitrogen and oxygen atoms in total. The zero-order valence-electron chi connectivity index (χ0n) is 9.53. The lowest BCUT2D eigenvalue weighted by Gasteiger charge is -2.25. The molecule has 0 bridgehead atoms. The molecule has 2 aromatic carbocycles. The quantitative estimate of drug-likeness (QED) is 0.716. The molecular formula is C14H13Br2N. The summed E-state index contributed by atoms with van der Waals surface area (Å²) in [6.45, 7) is 3.07. The lowest BCUT2D eigenvalue weighted by molar-refractivity contribution is 1.02. The first kappa shape index (κ1) is 12.7. The highest BCUT2D eigenvalue weighted by atomic mass is 79.9. The maximum Gasteiger partial charge on any atom is 0.0555 e. The van der Waals surface area contributed by atoms with E-state index in [1.54, 1.807) is 0 Å². The van der Waals surface area contributed by atoms with Crippen LogP contribution in [-0.4, -0.2) is 6.54 Å². The van der Waals surface area contributed by atoms with Crippen LogP contribution in [0.3, 0.4) is 0 Å². The van der Waals surface area contributed by atoms with Gasteiger partial charge >= 0.3 is 0 Å². The number of benzene rings is 2. The van der Waals surface area contributed by atoms with Crippen LogP contribution in [0.4, 0.5) is 11.4 Å². The molecule has 0 N–H and O–H groups in total. The minimum absolute atomic E-state index is 0.922. The van der Waals surface area contributed by atoms with E-state index in [1.807, 2.05) is 12.1 Å². The Morgan fingerprint density at radius 1 is 0.824 bits per heavy atom. The molecule has 0 heterocycles. The van der Waals surface area contributed by atoms with Crippen molar-refractivity contribution in [3.63, 3.8) is 0 Å². The molecule has 0 saturated carbocycles. The van der Waals surface area contributed by atoms with E-state index in [2.05, 4.69) is 80.1 Å². The van der Waals surface area contributed by atoms with Crippen LogP contribution in [0.1, 0.15) is 6.92 Å². The fourth-order valence-electron chi connectivity index (χ4n) is 1.81. The molecule has 2 aromatic rings. The summed E-state index contributed by atoms with van der Waals surface area (Å²) in [5.41, 5.74) is 2.36. The van der Waals surface area contributed by atoms with Crippen LogP contribution in [0.2, 0.25) is 0 Å². The molecule has 0 radical (unpaired) electrons. The fourth-order valence-corrected chi connectivity index (χ4v) is 2.81. The normalized spacial score (nSPS) is 10.3. The predicted molar refractivity (Wildman–Crippen MR) is 81.0 cm³/mol. The van der Waals surface area contributed by atoms with Crippen LogP contribution in [-0.2, 0) is 0 Å². The summed E-state index contributed by atoms with van der Waals surface area (Å²) in [5, 5.41) is 0. The fraction of sp³-hybridized carbons (Fsp3) is 0.143. The van der Waals surface area contributed by atoms with Crippen LogP contribution >= 0.6 is 31.9 Å². The average molecular weight is 355 g/mol. The molecule has 88 valence electrons. The third kappa shape index (κ3) is 2.72. The topological polar surface area (TPSA) is 3.24 Å². The number of hydrogen-bond acceptors (Lipinski definition) is 1. The second kappa shape index (κ2) is 5.69. The number of anilines is 2. The van der Waals surface area contributed by atoms with E-state index < -0.39 is 0 Å². The lowest BCUT2D eigenvalue weighted by Crippen LogP contribution is -2.16. The van der Waals surface area contributed by atoms with Crippen molar-refractivity contribution in [1.29, 1.82) is 0 Å². The highest BCUT2D eigenvalue weighted by molar-refractivity contribution is 9.11. The van der Waals surface area contributed by atoms with Gasteiger partial charge in [-0.25, -0.2) is 0 Å². The summed E-state index contributed by atoms with van der Waals surface area (Å²) in [6.07, 6.45) is 0. The number of para-hydroxylation sites is 2. The smallest absolute Gasteiger partial charge is 0.0555 e. The molecule has 0 unspecified atom stereocenters. The molecule has 2 rings (SSSR count). The monoisotopic (exact) mass is 353 g/mol. The maximum absolute atomic E-state index is 3.60. The van der Waals surface area contributed by atoms with Gasteiger partial charge in [0.25, 0.3) is 0 Å². The summed E-state index contributed by atoms with van der Waals surface area (Å²) in [6, 6.07) is 16.5. The Balaban J connectivity index is 2.48. The van der Waals surface area contributed by atoms with E-state index in [9.17, 15) is 0 Å². The van der Waals surface area contributed by atoms with Gasteiger partial charge in [0, 0.05) is 15.5 Å². The predicted octanol–water partition coefficient (Wildman–Crippen LogP) is 5.37. The van der Waals surface area contributed by atoms with E-state index in [1.165, 1.54) is 11.4 Å². The van der Waals surface area contributed by atoms with Gasteiger partial charge < -0.3 is 4.90 Å². The number of rotatable bonds is 3. The standard InChI is InChI=1S/C14H13Br2N/c1-2-17(13-9-5-3-7-11(13)15)14-10-6-4-8-12(14)16/h3-10H,2H2,1H3. The van der Waals surface area contributed by atoms with Gasteiger partial charge in [0.15, 0.2) is 0 Å². The van der Waals surface area contributed by atoms with E-state index in [-0.39, 0.29) is 0 Å². The summed E-state index contributed by atoms with van der Waals surface area (Å²) >= 11 is 7.21. The minimum atomic E-state index is 0.922. The van der Waals surface area contributed by atoms with Gasteiger partial charge in [-0.2, -0.15) is 0 Å². The van der Waals surface area contributed by atoms with E-state index in [4.69, 9.17) is 0 Å². The molecule has 0 aliphatic heterocycles. The zero-order valence-corrected chi connectivity index (χ0v) is 12.7. The summed E-state index contributed by atoms with van der Waals surface area (Å²) < 4.78 is 2.22. The van der Waals surface area contributed by atoms with Crippen molar-refractivity contribution < 1.29 is 0 Å². The summed E-state index contributed by atoms with van der Waals surface area (Å²) in [4.78, 5) is 2.27. The van der Waals surface area contributed by atoms with Gasteiger partial charge in [-0.3, -0.25) is 0 Å². The molecular weight excluding hydrogens is 342 g/mol. The van der Waals surface area contributed by atoms with Crippen molar-refractivity contribution in [2.75, 3.05) is 11.4 Å². The van der Waals surface area contributed by atoms with E-state index in [0.717, 1.165) is 15.5 Å². The molecule has 0 fully saturated rings. The number of nitrogens with zero attached hydrogens (tertiary/aromatic N) is 1. The molecule has 0 aliphatic rings. The van der Waals surface area contributed by atoms with E-state index in [0.29, 0.717) is 0 Å². The Bertz CT molecular complexity index is 466. The Kier molecular flexibility index (Phi) is 4.24. The first-order chi connectivity index (χ1) is 8.24. The van der Waals surface area contributed by atoms with Crippen molar-refractivity contribution in [2.24, 2.45) is 0 Å². The average Bonchev–Trinajstić information content (AvgIpc) is 2.34. The summed E-state index contributed by atoms with van der Waals surface area (Å²) in [7, 11) is 0. The van der Waals surface area contributed by atoms with E-state index >= 15 is 0 Å². The molecule has 0 saturated heterocycles. The first-order valence-electron chi connectivity index (χ1n) is 5.50. The molecule has 0 aromatic heterocycles. The van der Waals surface area contributed by atoms with Gasteiger partial charge in [0.1, 0.15) is 0 Å². The second-order valence-electron chi connectivity index (χ2n) is 3.65. The van der Waals surface area contributed by atoms with Gasteiger partial charge in [0.05, 0.1) is 11.4 Å². The number of hydrogen-bond donors (Lipinski definition) is 0. The SMILES string of the molecule is CCN(c1ccccc1Br)c1ccccc1Br. The van der Waals surface area contributed by atoms with Crippen molar-refractivity contribution in [2.45, 2.75) is 6.92 Å². The third-order valence-corrected chi connectivity index (χ3v) is 3.94. The number of halogens is 2. The van der Waals surface area contributed by atoms with Crippen LogP contribution in [0.5, 0.6) is 0 Å². The lowest BCUT2D eigenvalue weighted by atomic mass is 10.2. The maximum atomic E-state index is 3.60. The Hall–Kier alpha value is -0.800. The van der Waals surface area contributed by atoms with Crippen molar-refractivity contribution in [3.8, 4) is 0 Å². The highest BCUT2D eigenvalue weighted by Gasteiger charge is 2.12. The Morgan fingerprint density at radius 3 is 1.59 bits per heavy atom. The van der Waals surface area contributed by atoms with Crippen molar-refractivity contribution >= 4 is 43.2 Å². The van der Waals surface area contributed by atoms with Crippen LogP contribution in [0.25, 0.3) is 0 Å². The molecule has 0 atom stereocenters. The molecule has 0 spiro atoms. The van der Waals surface area contributed by atoms with Gasteiger partial charge in [-0.1, -0.05) is 24.3 Å². The Morgan fingerprint density at radius 2 is 1.24 bits per heavy atom. The third-order valence-electron chi connectivity index (χ3n) is 2.60. The van der Waals surface area contributed by atoms with Gasteiger partial charge in [0.2, 0.25) is 0 Å². The molecule has 0 aliphatic carbocycles. The van der Waals surface area contributed by atoms with Crippen LogP contribution in [0.15, 0.2) is 57.5 Å². The van der Waals surface area contributed by atoms with Crippen LogP contribution in [0, 0.1) is 0 Å². The first-order valence-corrected chi connectivity index (χ1v) is 7.09. The minimum Gasteiger partial charge on any atom is -0.340 e. The van der Waals surface area contributed by atoms with Gasteiger partial charge in [-0.05, 0) is 63.0 Å². The highest BCUT2D eigenvalue weighted by Crippen LogP contribution is 2.35. The van der Waals surface area contributed by atoms with Crippen molar-refractivity contribution in [1.82, 2.24) is 0 Å².